The zero-order valence-corrected chi connectivity index (χ0v) is 18.7. The summed E-state index contributed by atoms with van der Waals surface area (Å²) < 4.78 is 13.7. The predicted octanol–water partition coefficient (Wildman–Crippen LogP) is 2.87. The molecule has 4 heterocycles. The summed E-state index contributed by atoms with van der Waals surface area (Å²) in [6.45, 7) is 1.36. The number of hydrogen-bond acceptors (Lipinski definition) is 6. The number of amides is 1. The van der Waals surface area contributed by atoms with Crippen molar-refractivity contribution >= 4 is 16.9 Å². The van der Waals surface area contributed by atoms with Crippen LogP contribution in [-0.4, -0.2) is 57.0 Å². The van der Waals surface area contributed by atoms with Crippen molar-refractivity contribution in [3.05, 3.63) is 59.8 Å². The van der Waals surface area contributed by atoms with Crippen LogP contribution in [0.1, 0.15) is 34.7 Å². The number of nitrogens with one attached hydrogen (secondary N) is 2. The molecule has 1 amide bonds. The predicted molar refractivity (Wildman–Crippen MR) is 123 cm³/mol. The Bertz CT molecular complexity index is 1270. The van der Waals surface area contributed by atoms with Crippen LogP contribution in [0.15, 0.2) is 42.7 Å². The molecule has 1 aromatic carbocycles. The van der Waals surface area contributed by atoms with Gasteiger partial charge in [-0.25, -0.2) is 4.98 Å². The largest absolute Gasteiger partial charge is 0.474 e. The van der Waals surface area contributed by atoms with E-state index in [0.717, 1.165) is 40.7 Å². The average Bonchev–Trinajstić information content (AvgIpc) is 3.45. The lowest BCUT2D eigenvalue weighted by atomic mass is 10.0. The van der Waals surface area contributed by atoms with Crippen LogP contribution in [0, 0.1) is 0 Å². The topological polar surface area (TPSA) is 107 Å². The van der Waals surface area contributed by atoms with Crippen molar-refractivity contribution in [3.63, 3.8) is 0 Å². The molecule has 2 N–H and O–H groups in total. The van der Waals surface area contributed by atoms with E-state index in [0.29, 0.717) is 36.9 Å². The summed E-state index contributed by atoms with van der Waals surface area (Å²) >= 11 is 0. The highest BCUT2D eigenvalue weighted by Gasteiger charge is 2.22. The molecule has 0 unspecified atom stereocenters. The molecule has 1 saturated heterocycles. The third-order valence-corrected chi connectivity index (χ3v) is 5.94. The Balaban J connectivity index is 1.56. The van der Waals surface area contributed by atoms with Crippen LogP contribution in [0.2, 0.25) is 0 Å². The highest BCUT2D eigenvalue weighted by molar-refractivity contribution is 5.98. The van der Waals surface area contributed by atoms with Gasteiger partial charge in [0.15, 0.2) is 0 Å². The van der Waals surface area contributed by atoms with Gasteiger partial charge in [0.25, 0.3) is 5.91 Å². The maximum Gasteiger partial charge on any atom is 0.251 e. The van der Waals surface area contributed by atoms with Gasteiger partial charge in [0.2, 0.25) is 5.88 Å². The Labute approximate surface area is 191 Å². The molecule has 4 aromatic rings. The van der Waals surface area contributed by atoms with Gasteiger partial charge in [-0.05, 0) is 23.8 Å². The van der Waals surface area contributed by atoms with E-state index >= 15 is 0 Å². The van der Waals surface area contributed by atoms with Crippen molar-refractivity contribution in [1.82, 2.24) is 30.0 Å². The van der Waals surface area contributed by atoms with Crippen molar-refractivity contribution in [1.29, 1.82) is 0 Å². The van der Waals surface area contributed by atoms with Gasteiger partial charge in [0, 0.05) is 62.6 Å². The van der Waals surface area contributed by atoms with E-state index in [4.69, 9.17) is 19.4 Å². The minimum atomic E-state index is -0.118. The van der Waals surface area contributed by atoms with Crippen molar-refractivity contribution in [2.45, 2.75) is 25.4 Å². The van der Waals surface area contributed by atoms with Gasteiger partial charge in [0.05, 0.1) is 18.6 Å². The number of nitrogens with zero attached hydrogens (tertiary/aromatic N) is 4. The number of carbonyl (C=O) groups is 1. The number of H-pyrrole nitrogens is 1. The molecule has 33 heavy (non-hydrogen) atoms. The van der Waals surface area contributed by atoms with E-state index in [1.807, 2.05) is 48.3 Å². The normalized spacial score (nSPS) is 14.5. The Kier molecular flexibility index (Phi) is 5.78. The van der Waals surface area contributed by atoms with Crippen LogP contribution in [0.3, 0.4) is 0 Å². The van der Waals surface area contributed by atoms with E-state index in [2.05, 4.69) is 15.4 Å². The summed E-state index contributed by atoms with van der Waals surface area (Å²) in [4.78, 5) is 24.8. The summed E-state index contributed by atoms with van der Waals surface area (Å²) in [6.07, 6.45) is 5.92. The Morgan fingerprint density at radius 3 is 2.70 bits per heavy atom. The zero-order chi connectivity index (χ0) is 22.8. The highest BCUT2D eigenvalue weighted by atomic mass is 16.5. The molecule has 170 valence electrons. The lowest BCUT2D eigenvalue weighted by Crippen LogP contribution is -2.26. The highest BCUT2D eigenvalue weighted by Crippen LogP contribution is 2.35. The molecule has 0 spiro atoms. The monoisotopic (exact) mass is 446 g/mol. The second-order valence-electron chi connectivity index (χ2n) is 8.08. The molecule has 3 aromatic heterocycles. The van der Waals surface area contributed by atoms with E-state index < -0.39 is 0 Å². The molecule has 0 aliphatic carbocycles. The number of ether oxygens (including phenoxy) is 2. The summed E-state index contributed by atoms with van der Waals surface area (Å²) in [5.74, 6) is 1.11. The van der Waals surface area contributed by atoms with Crippen molar-refractivity contribution in [3.8, 4) is 17.0 Å². The molecule has 0 atom stereocenters. The molecular weight excluding hydrogens is 420 g/mol. The minimum Gasteiger partial charge on any atom is -0.474 e. The first kappa shape index (κ1) is 21.1. The fraction of sp³-hybridized carbons (Fsp3) is 0.333. The van der Waals surface area contributed by atoms with Gasteiger partial charge in [-0.3, -0.25) is 9.48 Å². The Hall–Kier alpha value is -3.72. The van der Waals surface area contributed by atoms with E-state index in [1.54, 1.807) is 13.2 Å². The lowest BCUT2D eigenvalue weighted by molar-refractivity contribution is 0.0243. The second kappa shape index (κ2) is 9.03. The molecule has 0 radical (unpaired) electrons. The fourth-order valence-corrected chi connectivity index (χ4v) is 4.07. The van der Waals surface area contributed by atoms with Crippen LogP contribution in [0.5, 0.6) is 5.88 Å². The van der Waals surface area contributed by atoms with Gasteiger partial charge in [-0.15, -0.1) is 0 Å². The standard InChI is InChI=1S/C24H26N6O3/c1-25-23(31)16-5-3-15(4-6-16)19-14-26-22-21(19)24(33-18-8-11-32-12-9-18)29-20(28-22)13-17-7-10-27-30(17)2/h3-7,10,14,18H,8-9,11-13H2,1-2H3,(H,25,31)(H,26,28,29). The molecule has 0 bridgehead atoms. The van der Waals surface area contributed by atoms with Crippen molar-refractivity contribution < 1.29 is 14.3 Å². The lowest BCUT2D eigenvalue weighted by Gasteiger charge is -2.23. The SMILES string of the molecule is CNC(=O)c1ccc(-c2c[nH]c3nc(Cc4ccnn4C)nc(OC4CCOCC4)c23)cc1. The van der Waals surface area contributed by atoms with Crippen molar-refractivity contribution in [2.75, 3.05) is 20.3 Å². The maximum atomic E-state index is 11.9. The van der Waals surface area contributed by atoms with E-state index in [-0.39, 0.29) is 12.0 Å². The maximum absolute atomic E-state index is 11.9. The van der Waals surface area contributed by atoms with Gasteiger partial charge in [0.1, 0.15) is 17.6 Å². The molecule has 5 rings (SSSR count). The number of carbonyl (C=O) groups excluding carboxylic acids is 1. The third kappa shape index (κ3) is 4.31. The van der Waals surface area contributed by atoms with Crippen molar-refractivity contribution in [2.24, 2.45) is 7.05 Å². The summed E-state index contributed by atoms with van der Waals surface area (Å²) in [5, 5.41) is 7.72. The number of rotatable bonds is 6. The average molecular weight is 447 g/mol. The quantitative estimate of drug-likeness (QED) is 0.472. The number of fused-ring (bicyclic) bond motifs is 1. The molecule has 9 nitrogen and oxygen atoms in total. The number of aryl methyl sites for hydroxylation is 1. The number of aromatic nitrogens is 5. The number of benzene rings is 1. The zero-order valence-electron chi connectivity index (χ0n) is 18.7. The van der Waals surface area contributed by atoms with E-state index in [9.17, 15) is 4.79 Å². The van der Waals surface area contributed by atoms with Crippen LogP contribution >= 0.6 is 0 Å². The molecule has 0 saturated carbocycles. The Morgan fingerprint density at radius 1 is 1.21 bits per heavy atom. The van der Waals surface area contributed by atoms with Crippen LogP contribution in [-0.2, 0) is 18.2 Å². The van der Waals surface area contributed by atoms with Gasteiger partial charge >= 0.3 is 0 Å². The number of aromatic amines is 1. The molecule has 9 heteroatoms. The molecule has 1 aliphatic heterocycles. The van der Waals surface area contributed by atoms with Crippen LogP contribution < -0.4 is 10.1 Å². The van der Waals surface area contributed by atoms with Gasteiger partial charge in [-0.2, -0.15) is 10.1 Å². The fourth-order valence-electron chi connectivity index (χ4n) is 4.07. The molecule has 1 fully saturated rings. The molecule has 1 aliphatic rings. The first-order valence-electron chi connectivity index (χ1n) is 11.0. The summed E-state index contributed by atoms with van der Waals surface area (Å²) in [7, 11) is 3.53. The summed E-state index contributed by atoms with van der Waals surface area (Å²) in [6, 6.07) is 9.43. The Morgan fingerprint density at radius 2 is 2.00 bits per heavy atom. The van der Waals surface area contributed by atoms with Crippen LogP contribution in [0.25, 0.3) is 22.2 Å². The van der Waals surface area contributed by atoms with Gasteiger partial charge in [-0.1, -0.05) is 12.1 Å². The minimum absolute atomic E-state index is 0.0415. The first-order chi connectivity index (χ1) is 16.1. The first-order valence-corrected chi connectivity index (χ1v) is 11.0. The number of hydrogen-bond donors (Lipinski definition) is 2. The second-order valence-corrected chi connectivity index (χ2v) is 8.08. The van der Waals surface area contributed by atoms with Gasteiger partial charge < -0.3 is 19.8 Å². The van der Waals surface area contributed by atoms with Crippen LogP contribution in [0.4, 0.5) is 0 Å². The smallest absolute Gasteiger partial charge is 0.251 e. The third-order valence-electron chi connectivity index (χ3n) is 5.94. The molecular formula is C24H26N6O3. The summed E-state index contributed by atoms with van der Waals surface area (Å²) in [5.41, 5.74) is 4.23. The van der Waals surface area contributed by atoms with E-state index in [1.165, 1.54) is 0 Å².